The van der Waals surface area contributed by atoms with Crippen LogP contribution in [0.3, 0.4) is 0 Å². The van der Waals surface area contributed by atoms with Crippen molar-refractivity contribution in [2.45, 2.75) is 44.8 Å². The van der Waals surface area contributed by atoms with Crippen LogP contribution in [0.4, 0.5) is 0 Å². The maximum Gasteiger partial charge on any atom is 0.249 e. The van der Waals surface area contributed by atoms with E-state index in [-0.39, 0.29) is 18.1 Å². The molecule has 1 aliphatic carbocycles. The lowest BCUT2D eigenvalue weighted by Gasteiger charge is -2.24. The number of nitrogens with two attached hydrogens (primary N) is 1. The van der Waals surface area contributed by atoms with Crippen LogP contribution in [0.2, 0.25) is 0 Å². The Labute approximate surface area is 91.5 Å². The van der Waals surface area contributed by atoms with E-state index in [4.69, 9.17) is 10.5 Å². The van der Waals surface area contributed by atoms with Crippen LogP contribution < -0.4 is 11.1 Å². The summed E-state index contributed by atoms with van der Waals surface area (Å²) in [6, 6.07) is 0.123. The summed E-state index contributed by atoms with van der Waals surface area (Å²) in [6.07, 6.45) is 4.50. The summed E-state index contributed by atoms with van der Waals surface area (Å²) in [7, 11) is 1.54. The zero-order valence-electron chi connectivity index (χ0n) is 9.66. The Morgan fingerprint density at radius 2 is 2.13 bits per heavy atom. The molecular weight excluding hydrogens is 192 g/mol. The predicted octanol–water partition coefficient (Wildman–Crippen LogP) is 0.655. The molecule has 4 nitrogen and oxygen atoms in total. The first-order valence-electron chi connectivity index (χ1n) is 5.72. The fraction of sp³-hybridized carbons (Fsp3) is 0.909. The van der Waals surface area contributed by atoms with Gasteiger partial charge in [-0.1, -0.05) is 12.8 Å². The summed E-state index contributed by atoms with van der Waals surface area (Å²) in [5.74, 6) is 0.503. The maximum absolute atomic E-state index is 11.6. The molecule has 0 aromatic rings. The molecule has 88 valence electrons. The number of methoxy groups -OCH3 is 1. The van der Waals surface area contributed by atoms with E-state index < -0.39 is 0 Å². The van der Waals surface area contributed by atoms with E-state index in [2.05, 4.69) is 5.32 Å². The quantitative estimate of drug-likeness (QED) is 0.706. The van der Waals surface area contributed by atoms with Crippen LogP contribution in [-0.4, -0.2) is 31.7 Å². The molecule has 0 bridgehead atoms. The van der Waals surface area contributed by atoms with Gasteiger partial charge in [-0.15, -0.1) is 0 Å². The number of carbonyl (C=O) groups excluding carboxylic acids is 1. The Kier molecular flexibility index (Phi) is 5.05. The van der Waals surface area contributed by atoms with Crippen LogP contribution in [-0.2, 0) is 9.53 Å². The number of amides is 1. The summed E-state index contributed by atoms with van der Waals surface area (Å²) in [5.41, 5.74) is 5.69. The highest BCUT2D eigenvalue weighted by atomic mass is 16.5. The summed E-state index contributed by atoms with van der Waals surface area (Å²) in [4.78, 5) is 11.6. The standard InChI is InChI=1S/C11H22N2O2/c1-8(15-2)11(14)13-10(7-12)9-5-3-4-6-9/h8-10H,3-7,12H2,1-2H3,(H,13,14). The molecule has 15 heavy (non-hydrogen) atoms. The van der Waals surface area contributed by atoms with Crippen LogP contribution in [0.15, 0.2) is 0 Å². The first-order chi connectivity index (χ1) is 7.19. The lowest BCUT2D eigenvalue weighted by atomic mass is 9.98. The molecule has 0 spiro atoms. The summed E-state index contributed by atoms with van der Waals surface area (Å²) < 4.78 is 4.97. The fourth-order valence-corrected chi connectivity index (χ4v) is 2.14. The minimum absolute atomic E-state index is 0.0557. The van der Waals surface area contributed by atoms with Gasteiger partial charge in [-0.25, -0.2) is 0 Å². The van der Waals surface area contributed by atoms with Crippen LogP contribution in [0.5, 0.6) is 0 Å². The van der Waals surface area contributed by atoms with Crippen LogP contribution in [0.1, 0.15) is 32.6 Å². The van der Waals surface area contributed by atoms with E-state index >= 15 is 0 Å². The molecular formula is C11H22N2O2. The van der Waals surface area contributed by atoms with Crippen molar-refractivity contribution < 1.29 is 9.53 Å². The second-order valence-electron chi connectivity index (χ2n) is 4.27. The third-order valence-corrected chi connectivity index (χ3v) is 3.27. The van der Waals surface area contributed by atoms with E-state index in [1.54, 1.807) is 6.92 Å². The number of rotatable bonds is 5. The molecule has 1 amide bonds. The van der Waals surface area contributed by atoms with Gasteiger partial charge in [0.05, 0.1) is 0 Å². The molecule has 1 rings (SSSR count). The van der Waals surface area contributed by atoms with Gasteiger partial charge in [0.1, 0.15) is 6.10 Å². The van der Waals surface area contributed by atoms with Crippen molar-refractivity contribution in [2.24, 2.45) is 11.7 Å². The molecule has 3 N–H and O–H groups in total. The van der Waals surface area contributed by atoms with Gasteiger partial charge in [-0.3, -0.25) is 4.79 Å². The third kappa shape index (κ3) is 3.47. The van der Waals surface area contributed by atoms with Gasteiger partial charge in [0.15, 0.2) is 0 Å². The molecule has 0 radical (unpaired) electrons. The monoisotopic (exact) mass is 214 g/mol. The molecule has 0 aromatic carbocycles. The fourth-order valence-electron chi connectivity index (χ4n) is 2.14. The normalized spacial score (nSPS) is 21.3. The molecule has 0 saturated heterocycles. The Bertz CT molecular complexity index is 203. The van der Waals surface area contributed by atoms with Crippen LogP contribution in [0.25, 0.3) is 0 Å². The summed E-state index contributed by atoms with van der Waals surface area (Å²) in [6.45, 7) is 2.27. The second-order valence-corrected chi connectivity index (χ2v) is 4.27. The molecule has 4 heteroatoms. The smallest absolute Gasteiger partial charge is 0.249 e. The van der Waals surface area contributed by atoms with Gasteiger partial charge in [0.25, 0.3) is 0 Å². The molecule has 0 aliphatic heterocycles. The van der Waals surface area contributed by atoms with Gasteiger partial charge in [-0.05, 0) is 25.7 Å². The molecule has 1 aliphatic rings. The number of hydrogen-bond acceptors (Lipinski definition) is 3. The van der Waals surface area contributed by atoms with E-state index in [0.29, 0.717) is 12.5 Å². The zero-order valence-corrected chi connectivity index (χ0v) is 9.66. The second kappa shape index (κ2) is 6.08. The minimum Gasteiger partial charge on any atom is -0.372 e. The van der Waals surface area contributed by atoms with Gasteiger partial charge in [-0.2, -0.15) is 0 Å². The van der Waals surface area contributed by atoms with Crippen LogP contribution in [0, 0.1) is 5.92 Å². The molecule has 2 atom stereocenters. The lowest BCUT2D eigenvalue weighted by Crippen LogP contribution is -2.48. The van der Waals surface area contributed by atoms with E-state index in [9.17, 15) is 4.79 Å². The first-order valence-corrected chi connectivity index (χ1v) is 5.72. The molecule has 2 unspecified atom stereocenters. The SMILES string of the molecule is COC(C)C(=O)NC(CN)C1CCCC1. The highest BCUT2D eigenvalue weighted by Crippen LogP contribution is 2.27. The van der Waals surface area contributed by atoms with Crippen molar-refractivity contribution in [1.29, 1.82) is 0 Å². The number of nitrogens with one attached hydrogen (secondary N) is 1. The van der Waals surface area contributed by atoms with E-state index in [0.717, 1.165) is 0 Å². The Hall–Kier alpha value is -0.610. The van der Waals surface area contributed by atoms with Crippen molar-refractivity contribution in [2.75, 3.05) is 13.7 Å². The highest BCUT2D eigenvalue weighted by Gasteiger charge is 2.26. The highest BCUT2D eigenvalue weighted by molar-refractivity contribution is 5.80. The van der Waals surface area contributed by atoms with Crippen molar-refractivity contribution in [3.8, 4) is 0 Å². The van der Waals surface area contributed by atoms with Gasteiger partial charge in [0, 0.05) is 19.7 Å². The van der Waals surface area contributed by atoms with Crippen molar-refractivity contribution in [3.63, 3.8) is 0 Å². The Morgan fingerprint density at radius 1 is 1.53 bits per heavy atom. The minimum atomic E-state index is -0.388. The Balaban J connectivity index is 2.41. The van der Waals surface area contributed by atoms with Gasteiger partial charge >= 0.3 is 0 Å². The zero-order chi connectivity index (χ0) is 11.3. The topological polar surface area (TPSA) is 64.3 Å². The summed E-state index contributed by atoms with van der Waals surface area (Å²) in [5, 5.41) is 2.97. The third-order valence-electron chi connectivity index (χ3n) is 3.27. The van der Waals surface area contributed by atoms with Crippen molar-refractivity contribution >= 4 is 5.91 Å². The Morgan fingerprint density at radius 3 is 2.60 bits per heavy atom. The number of ether oxygens (including phenoxy) is 1. The number of hydrogen-bond donors (Lipinski definition) is 2. The average molecular weight is 214 g/mol. The van der Waals surface area contributed by atoms with E-state index in [1.165, 1.54) is 32.8 Å². The maximum atomic E-state index is 11.6. The van der Waals surface area contributed by atoms with Crippen molar-refractivity contribution in [3.05, 3.63) is 0 Å². The molecule has 1 saturated carbocycles. The predicted molar refractivity (Wildman–Crippen MR) is 59.4 cm³/mol. The molecule has 0 heterocycles. The molecule has 1 fully saturated rings. The van der Waals surface area contributed by atoms with Gasteiger partial charge < -0.3 is 15.8 Å². The average Bonchev–Trinajstić information content (AvgIpc) is 2.77. The van der Waals surface area contributed by atoms with Gasteiger partial charge in [0.2, 0.25) is 5.91 Å². The van der Waals surface area contributed by atoms with Crippen molar-refractivity contribution in [1.82, 2.24) is 5.32 Å². The molecule has 0 aromatic heterocycles. The summed E-state index contributed by atoms with van der Waals surface area (Å²) >= 11 is 0. The van der Waals surface area contributed by atoms with Crippen LogP contribution >= 0.6 is 0 Å². The number of carbonyl (C=O) groups is 1. The lowest BCUT2D eigenvalue weighted by molar-refractivity contribution is -0.131. The largest absolute Gasteiger partial charge is 0.372 e. The van der Waals surface area contributed by atoms with E-state index in [1.807, 2.05) is 0 Å². The first kappa shape index (κ1) is 12.5.